The summed E-state index contributed by atoms with van der Waals surface area (Å²) in [5, 5.41) is 8.03. The van der Waals surface area contributed by atoms with Crippen LogP contribution in [0.25, 0.3) is 43.4 Å². The highest BCUT2D eigenvalue weighted by Crippen LogP contribution is 2.41. The second kappa shape index (κ2) is 6.91. The summed E-state index contributed by atoms with van der Waals surface area (Å²) in [5.41, 5.74) is 2.68. The molecule has 5 aromatic rings. The third-order valence-corrected chi connectivity index (χ3v) is 9.04. The lowest BCUT2D eigenvalue weighted by atomic mass is 9.98. The molecule has 3 nitrogen and oxygen atoms in total. The molecule has 0 saturated carbocycles. The molecule has 0 amide bonds. The molecule has 0 bridgehead atoms. The number of rotatable bonds is 1. The van der Waals surface area contributed by atoms with Crippen LogP contribution in [0, 0.1) is 0 Å². The zero-order valence-corrected chi connectivity index (χ0v) is 18.4. The van der Waals surface area contributed by atoms with E-state index in [-0.39, 0.29) is 0 Å². The van der Waals surface area contributed by atoms with Gasteiger partial charge in [-0.05, 0) is 46.5 Å². The standard InChI is InChI=1S/C26H26N3P/c1-27-23-15-13-19-9-3-5-11-21(19)25(23)26-22-12-6-4-10-20(22)14-16-24(26)28(2)30(27)29-17-7-8-18-29/h3-6,9-16H,7-8,17-18H2,1-2H3. The second-order valence-corrected chi connectivity index (χ2v) is 10.6. The van der Waals surface area contributed by atoms with Crippen LogP contribution in [0.15, 0.2) is 72.8 Å². The van der Waals surface area contributed by atoms with Crippen molar-refractivity contribution in [3.63, 3.8) is 0 Å². The maximum atomic E-state index is 2.69. The topological polar surface area (TPSA) is 13.1 Å². The van der Waals surface area contributed by atoms with Crippen molar-refractivity contribution < 1.29 is 0 Å². The largest absolute Gasteiger partial charge is 0.309 e. The summed E-state index contributed by atoms with van der Waals surface area (Å²) in [4.78, 5) is 0. The number of nitrogens with zero attached hydrogens (tertiary/aromatic N) is 3. The van der Waals surface area contributed by atoms with Gasteiger partial charge in [-0.3, -0.25) is 0 Å². The monoisotopic (exact) mass is 411 g/mol. The lowest BCUT2D eigenvalue weighted by Crippen LogP contribution is -2.19. The molecule has 1 aromatic heterocycles. The third kappa shape index (κ3) is 2.56. The molecule has 0 atom stereocenters. The molecule has 2 heterocycles. The number of hydrogen-bond donors (Lipinski definition) is 0. The van der Waals surface area contributed by atoms with E-state index in [0.29, 0.717) is 0 Å². The van der Waals surface area contributed by atoms with Gasteiger partial charge < -0.3 is 8.66 Å². The van der Waals surface area contributed by atoms with Gasteiger partial charge in [0.05, 0.1) is 11.0 Å². The highest BCUT2D eigenvalue weighted by molar-refractivity contribution is 7.44. The van der Waals surface area contributed by atoms with Gasteiger partial charge in [-0.15, -0.1) is 0 Å². The Hall–Kier alpha value is -2.74. The van der Waals surface area contributed by atoms with Crippen molar-refractivity contribution in [1.82, 2.24) is 8.66 Å². The minimum Gasteiger partial charge on any atom is -0.309 e. The van der Waals surface area contributed by atoms with E-state index >= 15 is 0 Å². The van der Waals surface area contributed by atoms with Gasteiger partial charge in [-0.1, -0.05) is 60.7 Å². The molecule has 0 radical (unpaired) electrons. The van der Waals surface area contributed by atoms with Crippen LogP contribution in [0.3, 0.4) is 0 Å². The Labute approximate surface area is 177 Å². The van der Waals surface area contributed by atoms with Gasteiger partial charge in [-0.2, -0.15) is 0 Å². The third-order valence-electron chi connectivity index (χ3n) is 6.63. The van der Waals surface area contributed by atoms with Gasteiger partial charge in [0.15, 0.2) is 0 Å². The van der Waals surface area contributed by atoms with Crippen LogP contribution in [-0.4, -0.2) is 21.7 Å². The fourth-order valence-electron chi connectivity index (χ4n) is 5.24. The highest BCUT2D eigenvalue weighted by Gasteiger charge is 2.20. The lowest BCUT2D eigenvalue weighted by Gasteiger charge is -2.22. The van der Waals surface area contributed by atoms with Crippen LogP contribution < -0.4 is 4.67 Å². The Morgan fingerprint density at radius 2 is 1.07 bits per heavy atom. The number of benzene rings is 4. The first-order chi connectivity index (χ1) is 14.7. The SMILES string of the molecule is Cn1c2ccc3ccccc3c2c2c3ccccc3ccc2n(C)p1N1CCCC1. The first-order valence-corrected chi connectivity index (χ1v) is 12.0. The van der Waals surface area contributed by atoms with Gasteiger partial charge in [0, 0.05) is 38.0 Å². The molecule has 4 heteroatoms. The van der Waals surface area contributed by atoms with E-state index in [1.54, 1.807) is 0 Å². The van der Waals surface area contributed by atoms with Crippen LogP contribution in [0.2, 0.25) is 0 Å². The number of fused-ring (bicyclic) bond motifs is 7. The molecule has 0 N–H and O–H groups in total. The van der Waals surface area contributed by atoms with Gasteiger partial charge >= 0.3 is 0 Å². The first kappa shape index (κ1) is 18.1. The average Bonchev–Trinajstić information content (AvgIpc) is 3.29. The Morgan fingerprint density at radius 1 is 0.600 bits per heavy atom. The summed E-state index contributed by atoms with van der Waals surface area (Å²) < 4.78 is 7.80. The number of aryl methyl sites for hydroxylation is 2. The van der Waals surface area contributed by atoms with Gasteiger partial charge in [-0.25, -0.2) is 4.67 Å². The van der Waals surface area contributed by atoms with Gasteiger partial charge in [0.25, 0.3) is 0 Å². The quantitative estimate of drug-likeness (QED) is 0.295. The molecule has 4 aromatic carbocycles. The zero-order chi connectivity index (χ0) is 20.2. The lowest BCUT2D eigenvalue weighted by molar-refractivity contribution is 0.945. The molecule has 0 unspecified atom stereocenters. The molecular weight excluding hydrogens is 385 g/mol. The van der Waals surface area contributed by atoms with Crippen molar-refractivity contribution in [1.29, 1.82) is 0 Å². The average molecular weight is 411 g/mol. The van der Waals surface area contributed by atoms with E-state index in [0.717, 1.165) is 0 Å². The van der Waals surface area contributed by atoms with Crippen LogP contribution in [-0.2, 0) is 14.1 Å². The van der Waals surface area contributed by atoms with Crippen LogP contribution >= 0.6 is 8.00 Å². The molecule has 6 rings (SSSR count). The maximum Gasteiger partial charge on any atom is 0.106 e. The minimum atomic E-state index is -0.606. The summed E-state index contributed by atoms with van der Waals surface area (Å²) in [6.07, 6.45) is 2.60. The van der Waals surface area contributed by atoms with E-state index in [1.807, 2.05) is 0 Å². The van der Waals surface area contributed by atoms with Crippen molar-refractivity contribution in [2.75, 3.05) is 17.8 Å². The van der Waals surface area contributed by atoms with Crippen molar-refractivity contribution in [2.24, 2.45) is 14.1 Å². The van der Waals surface area contributed by atoms with E-state index in [1.165, 1.54) is 69.3 Å². The molecule has 1 aliphatic rings. The van der Waals surface area contributed by atoms with Crippen molar-refractivity contribution in [2.45, 2.75) is 12.8 Å². The fraction of sp³-hybridized carbons (Fsp3) is 0.231. The molecular formula is C26H26N3P. The van der Waals surface area contributed by atoms with Crippen LogP contribution in [0.5, 0.6) is 0 Å². The zero-order valence-electron chi connectivity index (χ0n) is 17.5. The highest BCUT2D eigenvalue weighted by atomic mass is 31.1. The fourth-order valence-corrected chi connectivity index (χ4v) is 7.76. The molecule has 1 fully saturated rings. The van der Waals surface area contributed by atoms with Crippen molar-refractivity contribution in [3.8, 4) is 0 Å². The molecule has 1 aliphatic heterocycles. The number of hydrogen-bond acceptors (Lipinski definition) is 1. The van der Waals surface area contributed by atoms with Crippen LogP contribution in [0.1, 0.15) is 12.8 Å². The minimum absolute atomic E-state index is 0.606. The molecule has 0 aliphatic carbocycles. The Morgan fingerprint density at radius 3 is 1.57 bits per heavy atom. The summed E-state index contributed by atoms with van der Waals surface area (Å²) in [6, 6.07) is 26.9. The van der Waals surface area contributed by atoms with E-state index < -0.39 is 8.00 Å². The van der Waals surface area contributed by atoms with E-state index in [4.69, 9.17) is 0 Å². The second-order valence-electron chi connectivity index (χ2n) is 8.34. The Bertz CT molecular complexity index is 1370. The van der Waals surface area contributed by atoms with E-state index in [9.17, 15) is 0 Å². The van der Waals surface area contributed by atoms with Crippen molar-refractivity contribution >= 4 is 51.4 Å². The van der Waals surface area contributed by atoms with Crippen LogP contribution in [0.4, 0.5) is 0 Å². The predicted octanol–water partition coefficient (Wildman–Crippen LogP) is 6.82. The van der Waals surface area contributed by atoms with E-state index in [2.05, 4.69) is 100 Å². The summed E-state index contributed by atoms with van der Waals surface area (Å²) in [5.74, 6) is 0. The van der Waals surface area contributed by atoms with Gasteiger partial charge in [0.2, 0.25) is 0 Å². The molecule has 1 saturated heterocycles. The normalized spacial score (nSPS) is 15.0. The number of aromatic nitrogens is 2. The Kier molecular flexibility index (Phi) is 4.16. The predicted molar refractivity (Wildman–Crippen MR) is 132 cm³/mol. The summed E-state index contributed by atoms with van der Waals surface area (Å²) >= 11 is 0. The molecule has 150 valence electrons. The maximum absolute atomic E-state index is 2.69. The first-order valence-electron chi connectivity index (χ1n) is 10.8. The van der Waals surface area contributed by atoms with Gasteiger partial charge in [0.1, 0.15) is 8.00 Å². The smallest absolute Gasteiger partial charge is 0.106 e. The molecule has 0 spiro atoms. The summed E-state index contributed by atoms with van der Waals surface area (Å²) in [6.45, 7) is 2.37. The Balaban J connectivity index is 1.97. The molecule has 30 heavy (non-hydrogen) atoms. The van der Waals surface area contributed by atoms with Crippen molar-refractivity contribution in [3.05, 3.63) is 72.8 Å². The summed E-state index contributed by atoms with van der Waals surface area (Å²) in [7, 11) is 3.98.